The first-order valence-electron chi connectivity index (χ1n) is 12.0. The Morgan fingerprint density at radius 2 is 1.74 bits per heavy atom. The first kappa shape index (κ1) is 26.6. The van der Waals surface area contributed by atoms with Crippen molar-refractivity contribution in [1.29, 1.82) is 0 Å². The largest absolute Gasteiger partial charge is 0.496 e. The first-order valence-corrected chi connectivity index (χ1v) is 12.0. The van der Waals surface area contributed by atoms with E-state index in [0.717, 1.165) is 11.1 Å². The number of carbonyl (C=O) groups excluding carboxylic acids is 1. The van der Waals surface area contributed by atoms with Gasteiger partial charge in [-0.1, -0.05) is 42.5 Å². The predicted molar refractivity (Wildman–Crippen MR) is 138 cm³/mol. The van der Waals surface area contributed by atoms with Crippen molar-refractivity contribution in [3.63, 3.8) is 0 Å². The van der Waals surface area contributed by atoms with Crippen LogP contribution in [0.2, 0.25) is 0 Å². The molecule has 2 N–H and O–H groups in total. The van der Waals surface area contributed by atoms with Gasteiger partial charge in [-0.15, -0.1) is 0 Å². The highest BCUT2D eigenvalue weighted by molar-refractivity contribution is 5.91. The lowest BCUT2D eigenvalue weighted by Gasteiger charge is -2.29. The number of nitro groups is 1. The number of hydrogen-bond acceptors (Lipinski definition) is 7. The second kappa shape index (κ2) is 11.3. The zero-order chi connectivity index (χ0) is 27.3. The molecule has 0 aliphatic carbocycles. The minimum absolute atomic E-state index is 0.0232. The number of methoxy groups -OCH3 is 2. The number of carboxylic acid groups (broad SMARTS) is 1. The SMILES string of the molecule is COc1cccc(OC)c1-c1ccc(C[C@H](NC(=O)[C@@]2(c3cccc([N+](=O)[O-])c3)CCCO2)C(=O)O)cc1. The number of aliphatic carboxylic acids is 1. The molecule has 0 radical (unpaired) electrons. The highest BCUT2D eigenvalue weighted by atomic mass is 16.6. The number of non-ortho nitro benzene ring substituents is 1. The van der Waals surface area contributed by atoms with Crippen LogP contribution in [-0.2, 0) is 26.3 Å². The smallest absolute Gasteiger partial charge is 0.326 e. The first-order chi connectivity index (χ1) is 18.3. The van der Waals surface area contributed by atoms with Crippen molar-refractivity contribution in [1.82, 2.24) is 5.32 Å². The third kappa shape index (κ3) is 5.30. The summed E-state index contributed by atoms with van der Waals surface area (Å²) in [6.45, 7) is 0.279. The lowest BCUT2D eigenvalue weighted by atomic mass is 9.89. The minimum Gasteiger partial charge on any atom is -0.496 e. The van der Waals surface area contributed by atoms with Crippen molar-refractivity contribution >= 4 is 17.6 Å². The van der Waals surface area contributed by atoms with E-state index in [1.807, 2.05) is 30.3 Å². The summed E-state index contributed by atoms with van der Waals surface area (Å²) in [7, 11) is 3.14. The molecule has 0 bridgehead atoms. The maximum atomic E-state index is 13.4. The summed E-state index contributed by atoms with van der Waals surface area (Å²) in [6.07, 6.45) is 0.860. The van der Waals surface area contributed by atoms with E-state index in [2.05, 4.69) is 5.32 Å². The summed E-state index contributed by atoms with van der Waals surface area (Å²) in [5.74, 6) is -0.578. The molecular weight excluding hydrogens is 492 g/mol. The molecule has 3 aromatic carbocycles. The number of amides is 1. The van der Waals surface area contributed by atoms with Crippen LogP contribution in [-0.4, -0.2) is 48.8 Å². The van der Waals surface area contributed by atoms with Crippen LogP contribution in [0.5, 0.6) is 11.5 Å². The second-order valence-corrected chi connectivity index (χ2v) is 8.89. The van der Waals surface area contributed by atoms with Gasteiger partial charge in [0.05, 0.1) is 24.7 Å². The summed E-state index contributed by atoms with van der Waals surface area (Å²) in [4.78, 5) is 36.3. The van der Waals surface area contributed by atoms with Gasteiger partial charge in [-0.05, 0) is 36.1 Å². The van der Waals surface area contributed by atoms with E-state index in [-0.39, 0.29) is 25.1 Å². The number of nitro benzene ring substituents is 1. The van der Waals surface area contributed by atoms with Crippen LogP contribution in [0.3, 0.4) is 0 Å². The van der Waals surface area contributed by atoms with Gasteiger partial charge in [0.15, 0.2) is 5.60 Å². The van der Waals surface area contributed by atoms with Crippen molar-refractivity contribution in [2.75, 3.05) is 20.8 Å². The Bertz CT molecular complexity index is 1310. The maximum Gasteiger partial charge on any atom is 0.326 e. The molecule has 1 amide bonds. The molecule has 10 heteroatoms. The molecule has 198 valence electrons. The van der Waals surface area contributed by atoms with E-state index in [0.29, 0.717) is 29.0 Å². The Morgan fingerprint density at radius 1 is 1.08 bits per heavy atom. The van der Waals surface area contributed by atoms with Gasteiger partial charge in [-0.2, -0.15) is 0 Å². The average Bonchev–Trinajstić information content (AvgIpc) is 3.44. The van der Waals surface area contributed by atoms with Gasteiger partial charge in [-0.25, -0.2) is 4.79 Å². The number of carboxylic acids is 1. The molecule has 0 spiro atoms. The molecule has 10 nitrogen and oxygen atoms in total. The molecule has 1 saturated heterocycles. The van der Waals surface area contributed by atoms with E-state index in [4.69, 9.17) is 14.2 Å². The van der Waals surface area contributed by atoms with E-state index in [1.165, 1.54) is 18.2 Å². The van der Waals surface area contributed by atoms with Crippen LogP contribution in [0.1, 0.15) is 24.0 Å². The van der Waals surface area contributed by atoms with Crippen LogP contribution in [0.15, 0.2) is 66.7 Å². The fourth-order valence-corrected chi connectivity index (χ4v) is 4.70. The quantitative estimate of drug-likeness (QED) is 0.301. The summed E-state index contributed by atoms with van der Waals surface area (Å²) in [5.41, 5.74) is 0.927. The maximum absolute atomic E-state index is 13.4. The molecule has 1 aliphatic heterocycles. The summed E-state index contributed by atoms with van der Waals surface area (Å²) < 4.78 is 16.8. The van der Waals surface area contributed by atoms with Crippen molar-refractivity contribution in [3.05, 3.63) is 88.0 Å². The molecule has 0 unspecified atom stereocenters. The fourth-order valence-electron chi connectivity index (χ4n) is 4.70. The number of benzene rings is 3. The van der Waals surface area contributed by atoms with Gasteiger partial charge < -0.3 is 24.6 Å². The number of rotatable bonds is 10. The Kier molecular flexibility index (Phi) is 7.92. The fraction of sp³-hybridized carbons (Fsp3) is 0.286. The molecule has 0 saturated carbocycles. The van der Waals surface area contributed by atoms with Gasteiger partial charge in [0, 0.05) is 30.7 Å². The number of carbonyl (C=O) groups is 2. The number of ether oxygens (including phenoxy) is 3. The van der Waals surface area contributed by atoms with Crippen molar-refractivity contribution in [2.45, 2.75) is 30.9 Å². The number of nitrogens with one attached hydrogen (secondary N) is 1. The third-order valence-electron chi connectivity index (χ3n) is 6.63. The third-order valence-corrected chi connectivity index (χ3v) is 6.63. The number of hydrogen-bond donors (Lipinski definition) is 2. The normalized spacial score (nSPS) is 17.4. The Morgan fingerprint density at radius 3 is 2.29 bits per heavy atom. The Balaban J connectivity index is 1.56. The van der Waals surface area contributed by atoms with Crippen molar-refractivity contribution in [2.24, 2.45) is 0 Å². The predicted octanol–water partition coefficient (Wildman–Crippen LogP) is 4.10. The van der Waals surface area contributed by atoms with Gasteiger partial charge in [-0.3, -0.25) is 14.9 Å². The second-order valence-electron chi connectivity index (χ2n) is 8.89. The topological polar surface area (TPSA) is 137 Å². The van der Waals surface area contributed by atoms with Gasteiger partial charge >= 0.3 is 5.97 Å². The molecule has 0 aromatic heterocycles. The van der Waals surface area contributed by atoms with Crippen LogP contribution >= 0.6 is 0 Å². The molecule has 4 rings (SSSR count). The van der Waals surface area contributed by atoms with Crippen LogP contribution in [0, 0.1) is 10.1 Å². The molecule has 1 aliphatic rings. The van der Waals surface area contributed by atoms with E-state index >= 15 is 0 Å². The zero-order valence-corrected chi connectivity index (χ0v) is 21.0. The van der Waals surface area contributed by atoms with E-state index < -0.39 is 28.4 Å². The van der Waals surface area contributed by atoms with Crippen LogP contribution < -0.4 is 14.8 Å². The molecule has 3 aromatic rings. The highest BCUT2D eigenvalue weighted by Crippen LogP contribution is 2.39. The number of nitrogens with zero attached hydrogens (tertiary/aromatic N) is 1. The van der Waals surface area contributed by atoms with Crippen LogP contribution in [0.25, 0.3) is 11.1 Å². The molecule has 2 atom stereocenters. The molecule has 38 heavy (non-hydrogen) atoms. The zero-order valence-electron chi connectivity index (χ0n) is 21.0. The standard InChI is InChI=1S/C28H28N2O8/c1-36-23-8-4-9-24(37-2)25(23)19-12-10-18(11-13-19)16-22(26(31)32)29-27(33)28(14-5-15-38-28)20-6-3-7-21(17-20)30(34)35/h3-4,6-13,17,22H,5,14-16H2,1-2H3,(H,29,33)(H,31,32)/t22-,28-/m0/s1. The van der Waals surface area contributed by atoms with Crippen molar-refractivity contribution < 1.29 is 33.8 Å². The van der Waals surface area contributed by atoms with Gasteiger partial charge in [0.1, 0.15) is 17.5 Å². The molecule has 1 fully saturated rings. The summed E-state index contributed by atoms with van der Waals surface area (Å²) >= 11 is 0. The summed E-state index contributed by atoms with van der Waals surface area (Å²) in [6, 6.07) is 17.2. The van der Waals surface area contributed by atoms with E-state index in [1.54, 1.807) is 32.4 Å². The Hall–Kier alpha value is -4.44. The lowest BCUT2D eigenvalue weighted by Crippen LogP contribution is -2.51. The molecular formula is C28H28N2O8. The minimum atomic E-state index is -1.50. The monoisotopic (exact) mass is 520 g/mol. The average molecular weight is 521 g/mol. The highest BCUT2D eigenvalue weighted by Gasteiger charge is 2.46. The van der Waals surface area contributed by atoms with Crippen molar-refractivity contribution in [3.8, 4) is 22.6 Å². The molecule has 1 heterocycles. The van der Waals surface area contributed by atoms with Gasteiger partial charge in [0.25, 0.3) is 11.6 Å². The van der Waals surface area contributed by atoms with Gasteiger partial charge in [0.2, 0.25) is 0 Å². The summed E-state index contributed by atoms with van der Waals surface area (Å²) in [5, 5.41) is 23.8. The Labute approximate surface area is 219 Å². The lowest BCUT2D eigenvalue weighted by molar-refractivity contribution is -0.385. The van der Waals surface area contributed by atoms with E-state index in [9.17, 15) is 24.8 Å². The van der Waals surface area contributed by atoms with Crippen LogP contribution in [0.4, 0.5) is 5.69 Å².